The highest BCUT2D eigenvalue weighted by Gasteiger charge is 2.42. The van der Waals surface area contributed by atoms with Crippen molar-refractivity contribution in [2.24, 2.45) is 0 Å². The molecule has 0 spiro atoms. The third kappa shape index (κ3) is 3.05. The first-order chi connectivity index (χ1) is 16.4. The predicted octanol–water partition coefficient (Wildman–Crippen LogP) is 4.50. The average molecular weight is 472 g/mol. The molecule has 0 bridgehead atoms. The van der Waals surface area contributed by atoms with Crippen LogP contribution in [0.3, 0.4) is 0 Å². The molecule has 172 valence electrons. The van der Waals surface area contributed by atoms with Crippen molar-refractivity contribution in [2.45, 2.75) is 33.0 Å². The van der Waals surface area contributed by atoms with Crippen LogP contribution >= 0.6 is 11.3 Å². The first kappa shape index (κ1) is 20.9. The Morgan fingerprint density at radius 1 is 1.15 bits per heavy atom. The summed E-state index contributed by atoms with van der Waals surface area (Å²) in [5.74, 6) is -0.0843. The van der Waals surface area contributed by atoms with Crippen molar-refractivity contribution in [2.75, 3.05) is 23.8 Å². The topological polar surface area (TPSA) is 70.5 Å². The summed E-state index contributed by atoms with van der Waals surface area (Å²) >= 11 is 1.49. The molecule has 4 aromatic rings. The van der Waals surface area contributed by atoms with Gasteiger partial charge in [-0.3, -0.25) is 9.59 Å². The molecule has 0 saturated heterocycles. The van der Waals surface area contributed by atoms with Crippen LogP contribution in [-0.2, 0) is 17.8 Å². The van der Waals surface area contributed by atoms with Crippen molar-refractivity contribution < 1.29 is 9.59 Å². The van der Waals surface area contributed by atoms with E-state index in [0.717, 1.165) is 44.8 Å². The molecule has 7 nitrogen and oxygen atoms in total. The van der Waals surface area contributed by atoms with E-state index in [2.05, 4.69) is 31.9 Å². The quantitative estimate of drug-likeness (QED) is 0.478. The normalized spacial score (nSPS) is 16.9. The second-order valence-corrected chi connectivity index (χ2v) is 10.1. The van der Waals surface area contributed by atoms with E-state index < -0.39 is 0 Å². The van der Waals surface area contributed by atoms with Crippen molar-refractivity contribution in [3.8, 4) is 0 Å². The maximum Gasteiger partial charge on any atom is 0.257 e. The van der Waals surface area contributed by atoms with E-state index in [-0.39, 0.29) is 24.5 Å². The van der Waals surface area contributed by atoms with Crippen LogP contribution in [0.5, 0.6) is 0 Å². The number of hydrogen-bond acceptors (Lipinski definition) is 5. The molecule has 1 atom stereocenters. The zero-order chi connectivity index (χ0) is 23.6. The number of thiazole rings is 1. The van der Waals surface area contributed by atoms with Gasteiger partial charge in [-0.25, -0.2) is 4.98 Å². The number of aryl methyl sites for hydroxylation is 2. The summed E-state index contributed by atoms with van der Waals surface area (Å²) in [4.78, 5) is 36.3. The van der Waals surface area contributed by atoms with E-state index >= 15 is 0 Å². The Morgan fingerprint density at radius 3 is 2.71 bits per heavy atom. The number of nitrogens with zero attached hydrogens (tertiary/aromatic N) is 4. The van der Waals surface area contributed by atoms with Gasteiger partial charge in [-0.05, 0) is 44.0 Å². The molecular formula is C26H25N5O2S. The average Bonchev–Trinajstić information content (AvgIpc) is 3.33. The monoisotopic (exact) mass is 471 g/mol. The maximum absolute atomic E-state index is 13.4. The van der Waals surface area contributed by atoms with Crippen LogP contribution in [-0.4, -0.2) is 39.9 Å². The molecule has 0 unspecified atom stereocenters. The molecule has 2 aromatic carbocycles. The van der Waals surface area contributed by atoms with Gasteiger partial charge in [-0.1, -0.05) is 30.3 Å². The number of rotatable bonds is 3. The smallest absolute Gasteiger partial charge is 0.257 e. The maximum atomic E-state index is 13.4. The number of carbonyl (C=O) groups excluding carboxylic acids is 2. The standard InChI is InChI=1S/C26H25N5O2S/c1-15-16(2)34-26(27-15)28-22(32)14-31-21-11-7-4-8-17(21)18-12-13-30-24(23(18)31)29(3)20-10-6-5-9-19(20)25(30)33/h4-11,24H,12-14H2,1-3H3,(H,27,28,32)/t24-/m1/s1. The number of para-hydroxylation sites is 2. The van der Waals surface area contributed by atoms with Gasteiger partial charge in [0.2, 0.25) is 5.91 Å². The Labute approximate surface area is 201 Å². The van der Waals surface area contributed by atoms with E-state index in [0.29, 0.717) is 11.7 Å². The molecule has 6 rings (SSSR count). The third-order valence-electron chi connectivity index (χ3n) is 6.98. The molecule has 34 heavy (non-hydrogen) atoms. The van der Waals surface area contributed by atoms with Crippen molar-refractivity contribution in [3.05, 3.63) is 75.9 Å². The van der Waals surface area contributed by atoms with Gasteiger partial charge in [-0.2, -0.15) is 0 Å². The number of nitrogens with one attached hydrogen (secondary N) is 1. The molecular weight excluding hydrogens is 446 g/mol. The van der Waals surface area contributed by atoms with Crippen LogP contribution in [0.15, 0.2) is 48.5 Å². The zero-order valence-electron chi connectivity index (χ0n) is 19.3. The van der Waals surface area contributed by atoms with Gasteiger partial charge in [-0.15, -0.1) is 11.3 Å². The first-order valence-corrected chi connectivity index (χ1v) is 12.2. The molecule has 2 aliphatic heterocycles. The van der Waals surface area contributed by atoms with Gasteiger partial charge >= 0.3 is 0 Å². The largest absolute Gasteiger partial charge is 0.349 e. The van der Waals surface area contributed by atoms with Crippen molar-refractivity contribution in [1.82, 2.24) is 14.5 Å². The Balaban J connectivity index is 1.46. The lowest BCUT2D eigenvalue weighted by Crippen LogP contribution is -2.51. The molecule has 2 aliphatic rings. The van der Waals surface area contributed by atoms with Gasteiger partial charge in [0.15, 0.2) is 5.13 Å². The summed E-state index contributed by atoms with van der Waals surface area (Å²) in [5, 5.41) is 4.74. The molecule has 2 amide bonds. The molecule has 4 heterocycles. The summed E-state index contributed by atoms with van der Waals surface area (Å²) in [5.41, 5.74) is 5.80. The number of amides is 2. The third-order valence-corrected chi connectivity index (χ3v) is 7.97. The fourth-order valence-corrected chi connectivity index (χ4v) is 6.14. The number of hydrogen-bond donors (Lipinski definition) is 1. The van der Waals surface area contributed by atoms with Crippen molar-refractivity contribution in [1.29, 1.82) is 0 Å². The van der Waals surface area contributed by atoms with Crippen molar-refractivity contribution >= 4 is 44.9 Å². The molecule has 0 radical (unpaired) electrons. The lowest BCUT2D eigenvalue weighted by molar-refractivity contribution is -0.116. The van der Waals surface area contributed by atoms with Crippen LogP contribution in [0.1, 0.15) is 38.4 Å². The van der Waals surface area contributed by atoms with Gasteiger partial charge < -0.3 is 19.7 Å². The fraction of sp³-hybridized carbons (Fsp3) is 0.269. The summed E-state index contributed by atoms with van der Waals surface area (Å²) in [6.07, 6.45) is 0.490. The highest BCUT2D eigenvalue weighted by atomic mass is 32.1. The van der Waals surface area contributed by atoms with E-state index in [9.17, 15) is 9.59 Å². The van der Waals surface area contributed by atoms with Crippen LogP contribution < -0.4 is 10.2 Å². The number of fused-ring (bicyclic) bond motifs is 6. The lowest BCUT2D eigenvalue weighted by Gasteiger charge is -2.46. The Hall–Kier alpha value is -3.65. The minimum absolute atomic E-state index is 0.0411. The van der Waals surface area contributed by atoms with Crippen LogP contribution in [0.4, 0.5) is 10.8 Å². The Kier molecular flexibility index (Phi) is 4.74. The molecule has 1 N–H and O–H groups in total. The Morgan fingerprint density at radius 2 is 1.91 bits per heavy atom. The van der Waals surface area contributed by atoms with Crippen LogP contribution in [0, 0.1) is 13.8 Å². The number of anilines is 2. The van der Waals surface area contributed by atoms with Gasteiger partial charge in [0, 0.05) is 29.4 Å². The SMILES string of the molecule is Cc1nc(NC(=O)Cn2c3c(c4ccccc42)CCN2C(=O)c4ccccc4N(C)[C@@H]32)sc1C. The second kappa shape index (κ2) is 7.70. The molecule has 0 saturated carbocycles. The molecule has 0 aliphatic carbocycles. The van der Waals surface area contributed by atoms with E-state index in [1.165, 1.54) is 16.9 Å². The number of aromatic nitrogens is 2. The van der Waals surface area contributed by atoms with Crippen LogP contribution in [0.25, 0.3) is 10.9 Å². The van der Waals surface area contributed by atoms with Crippen LogP contribution in [0.2, 0.25) is 0 Å². The molecule has 0 fully saturated rings. The molecule has 2 aromatic heterocycles. The second-order valence-electron chi connectivity index (χ2n) is 8.93. The highest BCUT2D eigenvalue weighted by Crippen LogP contribution is 2.44. The minimum Gasteiger partial charge on any atom is -0.349 e. The first-order valence-electron chi connectivity index (χ1n) is 11.4. The lowest BCUT2D eigenvalue weighted by atomic mass is 9.96. The Bertz CT molecular complexity index is 1450. The van der Waals surface area contributed by atoms with Gasteiger partial charge in [0.1, 0.15) is 12.7 Å². The van der Waals surface area contributed by atoms with E-state index in [1.807, 2.05) is 62.2 Å². The summed E-state index contributed by atoms with van der Waals surface area (Å²) in [6.45, 7) is 4.75. The van der Waals surface area contributed by atoms with Crippen molar-refractivity contribution in [3.63, 3.8) is 0 Å². The van der Waals surface area contributed by atoms with Gasteiger partial charge in [0.25, 0.3) is 5.91 Å². The summed E-state index contributed by atoms with van der Waals surface area (Å²) in [7, 11) is 2.03. The number of carbonyl (C=O) groups is 2. The van der Waals surface area contributed by atoms with E-state index in [4.69, 9.17) is 0 Å². The number of benzene rings is 2. The fourth-order valence-electron chi connectivity index (χ4n) is 5.31. The van der Waals surface area contributed by atoms with E-state index in [1.54, 1.807) is 0 Å². The predicted molar refractivity (Wildman–Crippen MR) is 134 cm³/mol. The summed E-state index contributed by atoms with van der Waals surface area (Å²) in [6, 6.07) is 16.0. The van der Waals surface area contributed by atoms with Gasteiger partial charge in [0.05, 0.1) is 22.6 Å². The molecule has 8 heteroatoms. The zero-order valence-corrected chi connectivity index (χ0v) is 20.1. The summed E-state index contributed by atoms with van der Waals surface area (Å²) < 4.78 is 2.09. The highest BCUT2D eigenvalue weighted by molar-refractivity contribution is 7.15. The minimum atomic E-state index is -0.268.